The number of carbonyl (C=O) groups is 4. The summed E-state index contributed by atoms with van der Waals surface area (Å²) >= 11 is 0. The van der Waals surface area contributed by atoms with Gasteiger partial charge >= 0.3 is 39.5 Å². The van der Waals surface area contributed by atoms with Gasteiger partial charge < -0.3 is 33.8 Å². The molecular formula is C63H122O17P2. The Morgan fingerprint density at radius 1 is 0.329 bits per heavy atom. The molecule has 0 aromatic heterocycles. The van der Waals surface area contributed by atoms with Crippen molar-refractivity contribution in [3.05, 3.63) is 0 Å². The molecule has 2 unspecified atom stereocenters. The summed E-state index contributed by atoms with van der Waals surface area (Å²) in [6.07, 6.45) is 37.8. The van der Waals surface area contributed by atoms with E-state index in [0.29, 0.717) is 37.5 Å². The van der Waals surface area contributed by atoms with E-state index < -0.39 is 97.5 Å². The topological polar surface area (TPSA) is 237 Å². The lowest BCUT2D eigenvalue weighted by atomic mass is 10.0. The fourth-order valence-corrected chi connectivity index (χ4v) is 10.9. The molecule has 0 saturated carbocycles. The van der Waals surface area contributed by atoms with Crippen molar-refractivity contribution in [2.45, 2.75) is 330 Å². The highest BCUT2D eigenvalue weighted by molar-refractivity contribution is 7.47. The predicted octanol–water partition coefficient (Wildman–Crippen LogP) is 17.3. The molecule has 19 heteroatoms. The van der Waals surface area contributed by atoms with E-state index in [2.05, 4.69) is 41.5 Å². The quantitative estimate of drug-likeness (QED) is 0.0222. The van der Waals surface area contributed by atoms with Gasteiger partial charge in [-0.05, 0) is 37.5 Å². The minimum Gasteiger partial charge on any atom is -0.462 e. The van der Waals surface area contributed by atoms with Gasteiger partial charge in [-0.1, -0.05) is 260 Å². The molecular weight excluding hydrogens is 1090 g/mol. The molecule has 17 nitrogen and oxygen atoms in total. The minimum atomic E-state index is -4.94. The third-order valence-corrected chi connectivity index (χ3v) is 16.4. The Hall–Kier alpha value is -1.94. The van der Waals surface area contributed by atoms with E-state index in [1.807, 2.05) is 0 Å². The first-order valence-electron chi connectivity index (χ1n) is 33.0. The molecule has 3 N–H and O–H groups in total. The normalized spacial score (nSPS) is 14.3. The van der Waals surface area contributed by atoms with E-state index in [1.54, 1.807) is 0 Å². The molecule has 0 spiro atoms. The monoisotopic (exact) mass is 1210 g/mol. The van der Waals surface area contributed by atoms with Crippen LogP contribution in [0.15, 0.2) is 0 Å². The zero-order chi connectivity index (χ0) is 60.8. The largest absolute Gasteiger partial charge is 0.472 e. The smallest absolute Gasteiger partial charge is 0.462 e. The van der Waals surface area contributed by atoms with Crippen molar-refractivity contribution in [3.8, 4) is 0 Å². The van der Waals surface area contributed by atoms with Crippen LogP contribution in [0.2, 0.25) is 0 Å². The van der Waals surface area contributed by atoms with Crippen LogP contribution in [0.1, 0.15) is 311 Å². The molecule has 0 aromatic carbocycles. The number of hydrogen-bond donors (Lipinski definition) is 3. The van der Waals surface area contributed by atoms with Crippen LogP contribution in [-0.4, -0.2) is 96.7 Å². The molecule has 0 aliphatic rings. The standard InChI is InChI=1S/C63H122O17P2/c1-7-9-11-13-15-17-18-19-20-21-23-27-35-41-47-62(67)79-58(51-74-61(66)46-40-34-28-24-25-31-37-43-55(3)4)53-77-81(69,70)75-49-57(64)50-76-82(71,72)78-54-59(80-63(68)48-42-36-30-29-32-38-44-56(5)6)52-73-60(65)45-39-33-26-22-16-14-12-10-8-2/h55-59,64H,7-54H2,1-6H3,(H,69,70)(H,71,72)/t57-,58-,59-/m1/s1. The maximum absolute atomic E-state index is 13.0. The molecule has 82 heavy (non-hydrogen) atoms. The number of aliphatic hydroxyl groups excluding tert-OH is 1. The molecule has 0 rings (SSSR count). The first-order chi connectivity index (χ1) is 39.4. The Kier molecular flexibility index (Phi) is 54.3. The number of rotatable bonds is 62. The van der Waals surface area contributed by atoms with Crippen LogP contribution in [0.3, 0.4) is 0 Å². The molecule has 0 aromatic rings. The zero-order valence-electron chi connectivity index (χ0n) is 52.8. The molecule has 0 bridgehead atoms. The fourth-order valence-electron chi connectivity index (χ4n) is 9.35. The van der Waals surface area contributed by atoms with E-state index in [0.717, 1.165) is 96.3 Å². The number of unbranched alkanes of at least 4 members (excludes halogenated alkanes) is 32. The van der Waals surface area contributed by atoms with Crippen LogP contribution < -0.4 is 0 Å². The zero-order valence-corrected chi connectivity index (χ0v) is 54.6. The molecule has 0 radical (unpaired) electrons. The molecule has 0 fully saturated rings. The van der Waals surface area contributed by atoms with E-state index in [1.165, 1.54) is 122 Å². The van der Waals surface area contributed by atoms with E-state index in [-0.39, 0.29) is 25.7 Å². The van der Waals surface area contributed by atoms with Gasteiger partial charge in [0.05, 0.1) is 26.4 Å². The maximum atomic E-state index is 13.0. The second-order valence-electron chi connectivity index (χ2n) is 23.7. The molecule has 0 amide bonds. The molecule has 486 valence electrons. The molecule has 0 heterocycles. The third kappa shape index (κ3) is 57.2. The minimum absolute atomic E-state index is 0.102. The van der Waals surface area contributed by atoms with Gasteiger partial charge in [0.15, 0.2) is 12.2 Å². The van der Waals surface area contributed by atoms with Crippen LogP contribution in [0.25, 0.3) is 0 Å². The summed E-state index contributed by atoms with van der Waals surface area (Å²) in [7, 11) is -9.88. The lowest BCUT2D eigenvalue weighted by Gasteiger charge is -2.21. The highest BCUT2D eigenvalue weighted by Gasteiger charge is 2.30. The number of ether oxygens (including phenoxy) is 4. The van der Waals surface area contributed by atoms with Crippen LogP contribution in [0, 0.1) is 11.8 Å². The number of aliphatic hydroxyl groups is 1. The van der Waals surface area contributed by atoms with Crippen LogP contribution >= 0.6 is 15.6 Å². The second-order valence-corrected chi connectivity index (χ2v) is 26.7. The van der Waals surface area contributed by atoms with Gasteiger partial charge in [-0.25, -0.2) is 9.13 Å². The molecule has 5 atom stereocenters. The highest BCUT2D eigenvalue weighted by Crippen LogP contribution is 2.45. The average molecular weight is 1210 g/mol. The summed E-state index contributed by atoms with van der Waals surface area (Å²) in [5.41, 5.74) is 0. The predicted molar refractivity (Wildman–Crippen MR) is 326 cm³/mol. The Labute approximate surface area is 498 Å². The van der Waals surface area contributed by atoms with E-state index >= 15 is 0 Å². The summed E-state index contributed by atoms with van der Waals surface area (Å²) in [5.74, 6) is -0.765. The van der Waals surface area contributed by atoms with Gasteiger partial charge in [0.2, 0.25) is 0 Å². The van der Waals surface area contributed by atoms with Gasteiger partial charge in [-0.15, -0.1) is 0 Å². The Bertz CT molecular complexity index is 1620. The number of carbonyl (C=O) groups excluding carboxylic acids is 4. The summed E-state index contributed by atoms with van der Waals surface area (Å²) < 4.78 is 67.9. The van der Waals surface area contributed by atoms with Crippen molar-refractivity contribution in [1.82, 2.24) is 0 Å². The lowest BCUT2D eigenvalue weighted by Crippen LogP contribution is -2.30. The van der Waals surface area contributed by atoms with Crippen molar-refractivity contribution in [2.24, 2.45) is 11.8 Å². The van der Waals surface area contributed by atoms with Gasteiger partial charge in [-0.3, -0.25) is 37.3 Å². The van der Waals surface area contributed by atoms with Crippen molar-refractivity contribution in [2.75, 3.05) is 39.6 Å². The van der Waals surface area contributed by atoms with Crippen molar-refractivity contribution < 1.29 is 80.2 Å². The Morgan fingerprint density at radius 3 is 0.829 bits per heavy atom. The summed E-state index contributed by atoms with van der Waals surface area (Å²) in [4.78, 5) is 72.1. The SMILES string of the molecule is CCCCCCCCCCCCCCCCC(=O)O[C@H](COC(=O)CCCCCCCCCC(C)C)COP(=O)(O)OC[C@@H](O)COP(=O)(O)OC[C@@H](COC(=O)CCCCCCCCCCC)OC(=O)CCCCCCCCC(C)C. The molecule has 0 saturated heterocycles. The van der Waals surface area contributed by atoms with Crippen LogP contribution in [0.4, 0.5) is 0 Å². The van der Waals surface area contributed by atoms with Crippen LogP contribution in [0.5, 0.6) is 0 Å². The summed E-state index contributed by atoms with van der Waals surface area (Å²) in [5, 5.41) is 10.5. The van der Waals surface area contributed by atoms with E-state index in [9.17, 15) is 43.2 Å². The number of phosphoric acid groups is 2. The van der Waals surface area contributed by atoms with Crippen molar-refractivity contribution in [3.63, 3.8) is 0 Å². The highest BCUT2D eigenvalue weighted by atomic mass is 31.2. The Morgan fingerprint density at radius 2 is 0.561 bits per heavy atom. The van der Waals surface area contributed by atoms with E-state index in [4.69, 9.17) is 37.0 Å². The first kappa shape index (κ1) is 80.1. The third-order valence-electron chi connectivity index (χ3n) is 14.5. The van der Waals surface area contributed by atoms with Gasteiger partial charge in [0.25, 0.3) is 0 Å². The second kappa shape index (κ2) is 55.6. The number of phosphoric ester groups is 2. The Balaban J connectivity index is 5.22. The van der Waals surface area contributed by atoms with Gasteiger partial charge in [0, 0.05) is 25.7 Å². The van der Waals surface area contributed by atoms with Crippen molar-refractivity contribution >= 4 is 39.5 Å². The average Bonchev–Trinajstić information content (AvgIpc) is 3.45. The number of hydrogen-bond acceptors (Lipinski definition) is 15. The number of esters is 4. The molecule has 0 aliphatic carbocycles. The summed E-state index contributed by atoms with van der Waals surface area (Å²) in [6, 6.07) is 0. The fraction of sp³-hybridized carbons (Fsp3) is 0.937. The van der Waals surface area contributed by atoms with Crippen molar-refractivity contribution in [1.29, 1.82) is 0 Å². The van der Waals surface area contributed by atoms with Gasteiger partial charge in [0.1, 0.15) is 19.3 Å². The summed E-state index contributed by atoms with van der Waals surface area (Å²) in [6.45, 7) is 9.33. The van der Waals surface area contributed by atoms with Gasteiger partial charge in [-0.2, -0.15) is 0 Å². The maximum Gasteiger partial charge on any atom is 0.472 e. The lowest BCUT2D eigenvalue weighted by molar-refractivity contribution is -0.161. The first-order valence-corrected chi connectivity index (χ1v) is 36.0. The molecule has 0 aliphatic heterocycles. The van der Waals surface area contributed by atoms with Crippen LogP contribution in [-0.2, 0) is 65.4 Å².